The van der Waals surface area contributed by atoms with E-state index < -0.39 is 0 Å². The first-order valence-corrected chi connectivity index (χ1v) is 8.04. The Morgan fingerprint density at radius 1 is 1.45 bits per heavy atom. The van der Waals surface area contributed by atoms with Gasteiger partial charge in [-0.1, -0.05) is 0 Å². The zero-order chi connectivity index (χ0) is 15.0. The van der Waals surface area contributed by atoms with Crippen LogP contribution in [0.25, 0.3) is 0 Å². The summed E-state index contributed by atoms with van der Waals surface area (Å²) >= 11 is 0. The number of aryl methyl sites for hydroxylation is 1. The molecule has 2 aliphatic heterocycles. The Kier molecular flexibility index (Phi) is 3.50. The smallest absolute Gasteiger partial charge is 0.0949 e. The molecule has 0 N–H and O–H groups in total. The fourth-order valence-electron chi connectivity index (χ4n) is 3.92. The molecule has 0 amide bonds. The lowest BCUT2D eigenvalue weighted by molar-refractivity contribution is -0.0534. The minimum absolute atomic E-state index is 0.0232. The minimum Gasteiger partial charge on any atom is -0.371 e. The number of likely N-dealkylation sites (tertiary alicyclic amines) is 1. The number of rotatable bonds is 3. The molecule has 4 rings (SSSR count). The number of hydrogen-bond donors (Lipinski definition) is 0. The third kappa shape index (κ3) is 2.68. The molecule has 22 heavy (non-hydrogen) atoms. The van der Waals surface area contributed by atoms with Gasteiger partial charge < -0.3 is 9.30 Å². The van der Waals surface area contributed by atoms with Gasteiger partial charge in [0.05, 0.1) is 30.8 Å². The fraction of sp³-hybridized carbons (Fsp3) is 0.625. The lowest BCUT2D eigenvalue weighted by atomic mass is 9.88. The summed E-state index contributed by atoms with van der Waals surface area (Å²) in [6.07, 6.45) is 13.3. The first-order chi connectivity index (χ1) is 10.7. The van der Waals surface area contributed by atoms with Gasteiger partial charge in [-0.3, -0.25) is 9.58 Å². The van der Waals surface area contributed by atoms with Crippen LogP contribution in [0.3, 0.4) is 0 Å². The number of imidazole rings is 1. The number of hydrogen-bond acceptors (Lipinski definition) is 4. The zero-order valence-electron chi connectivity index (χ0n) is 13.1. The van der Waals surface area contributed by atoms with E-state index >= 15 is 0 Å². The molecule has 4 heterocycles. The van der Waals surface area contributed by atoms with Gasteiger partial charge in [-0.05, 0) is 19.4 Å². The Balaban J connectivity index is 1.42. The highest BCUT2D eigenvalue weighted by molar-refractivity contribution is 5.05. The van der Waals surface area contributed by atoms with Crippen molar-refractivity contribution in [2.24, 2.45) is 7.05 Å². The van der Waals surface area contributed by atoms with Crippen LogP contribution in [0.2, 0.25) is 0 Å². The molecule has 0 aliphatic carbocycles. The second-order valence-electron chi connectivity index (χ2n) is 6.70. The normalized spacial score (nSPS) is 29.4. The predicted molar refractivity (Wildman–Crippen MR) is 82.3 cm³/mol. The van der Waals surface area contributed by atoms with E-state index in [2.05, 4.69) is 25.7 Å². The van der Waals surface area contributed by atoms with Crippen molar-refractivity contribution in [2.45, 2.75) is 37.5 Å². The maximum atomic E-state index is 6.28. The van der Waals surface area contributed by atoms with Gasteiger partial charge in [0, 0.05) is 50.7 Å². The van der Waals surface area contributed by atoms with Gasteiger partial charge in [0.1, 0.15) is 0 Å². The van der Waals surface area contributed by atoms with Gasteiger partial charge >= 0.3 is 0 Å². The number of ether oxygens (including phenoxy) is 1. The SMILES string of the molecule is Cn1cc(CN2CCC[C@]3(C[C@H](n4ccnc4)CO3)C2)cn1. The molecule has 0 unspecified atom stereocenters. The highest BCUT2D eigenvalue weighted by Gasteiger charge is 2.43. The molecule has 6 heteroatoms. The van der Waals surface area contributed by atoms with E-state index in [9.17, 15) is 0 Å². The first-order valence-electron chi connectivity index (χ1n) is 8.04. The molecule has 1 spiro atoms. The van der Waals surface area contributed by atoms with E-state index in [0.717, 1.165) is 32.7 Å². The summed E-state index contributed by atoms with van der Waals surface area (Å²) in [6, 6.07) is 0.431. The van der Waals surface area contributed by atoms with Gasteiger partial charge in [0.15, 0.2) is 0 Å². The van der Waals surface area contributed by atoms with Crippen LogP contribution in [-0.2, 0) is 18.3 Å². The van der Waals surface area contributed by atoms with Crippen molar-refractivity contribution in [2.75, 3.05) is 19.7 Å². The summed E-state index contributed by atoms with van der Waals surface area (Å²) in [5.74, 6) is 0. The molecule has 2 atom stereocenters. The van der Waals surface area contributed by atoms with E-state index in [1.54, 1.807) is 0 Å². The van der Waals surface area contributed by atoms with Crippen molar-refractivity contribution in [1.29, 1.82) is 0 Å². The molecule has 2 aromatic heterocycles. The Morgan fingerprint density at radius 3 is 3.18 bits per heavy atom. The van der Waals surface area contributed by atoms with Crippen molar-refractivity contribution in [3.63, 3.8) is 0 Å². The summed E-state index contributed by atoms with van der Waals surface area (Å²) in [5, 5.41) is 4.27. The van der Waals surface area contributed by atoms with Gasteiger partial charge in [0.2, 0.25) is 0 Å². The van der Waals surface area contributed by atoms with Crippen molar-refractivity contribution >= 4 is 0 Å². The summed E-state index contributed by atoms with van der Waals surface area (Å²) in [7, 11) is 1.97. The van der Waals surface area contributed by atoms with Crippen LogP contribution in [0.1, 0.15) is 30.9 Å². The van der Waals surface area contributed by atoms with Gasteiger partial charge in [-0.15, -0.1) is 0 Å². The standard InChI is InChI=1S/C16H23N5O/c1-19-9-14(8-18-19)10-20-5-2-3-16(12-20)7-15(11-22-16)21-6-4-17-13-21/h4,6,8-9,13,15H,2-3,5,7,10-12H2,1H3/t15-,16-/m0/s1. The summed E-state index contributed by atoms with van der Waals surface area (Å²) in [5.41, 5.74) is 1.30. The Labute approximate surface area is 130 Å². The van der Waals surface area contributed by atoms with E-state index in [0.29, 0.717) is 6.04 Å². The molecular weight excluding hydrogens is 278 g/mol. The van der Waals surface area contributed by atoms with Crippen LogP contribution in [-0.4, -0.2) is 49.5 Å². The van der Waals surface area contributed by atoms with Crippen LogP contribution >= 0.6 is 0 Å². The van der Waals surface area contributed by atoms with E-state index in [1.807, 2.05) is 36.6 Å². The molecule has 0 aromatic carbocycles. The van der Waals surface area contributed by atoms with Crippen molar-refractivity contribution in [3.05, 3.63) is 36.7 Å². The number of aromatic nitrogens is 4. The predicted octanol–water partition coefficient (Wildman–Crippen LogP) is 1.61. The second kappa shape index (κ2) is 5.52. The zero-order valence-corrected chi connectivity index (χ0v) is 13.1. The quantitative estimate of drug-likeness (QED) is 0.864. The van der Waals surface area contributed by atoms with Gasteiger partial charge in [0.25, 0.3) is 0 Å². The van der Waals surface area contributed by atoms with Crippen molar-refractivity contribution < 1.29 is 4.74 Å². The molecule has 2 aromatic rings. The van der Waals surface area contributed by atoms with Crippen molar-refractivity contribution in [3.8, 4) is 0 Å². The molecular formula is C16H23N5O. The third-order valence-electron chi connectivity index (χ3n) is 4.92. The lowest BCUT2D eigenvalue weighted by Gasteiger charge is -2.39. The maximum absolute atomic E-state index is 6.28. The Hall–Kier alpha value is -1.66. The summed E-state index contributed by atoms with van der Waals surface area (Å²) in [4.78, 5) is 6.67. The van der Waals surface area contributed by atoms with Crippen LogP contribution in [0.5, 0.6) is 0 Å². The molecule has 0 radical (unpaired) electrons. The average molecular weight is 301 g/mol. The lowest BCUT2D eigenvalue weighted by Crippen LogP contribution is -2.47. The Bertz CT molecular complexity index is 622. The molecule has 0 bridgehead atoms. The van der Waals surface area contributed by atoms with Crippen LogP contribution in [0.15, 0.2) is 31.1 Å². The van der Waals surface area contributed by atoms with Gasteiger partial charge in [-0.25, -0.2) is 4.98 Å². The van der Waals surface area contributed by atoms with Crippen LogP contribution in [0.4, 0.5) is 0 Å². The largest absolute Gasteiger partial charge is 0.371 e. The van der Waals surface area contributed by atoms with Gasteiger partial charge in [-0.2, -0.15) is 5.10 Å². The first kappa shape index (κ1) is 14.0. The average Bonchev–Trinajstić information content (AvgIpc) is 3.21. The molecule has 2 fully saturated rings. The second-order valence-corrected chi connectivity index (χ2v) is 6.70. The fourth-order valence-corrected chi connectivity index (χ4v) is 3.92. The molecule has 6 nitrogen and oxygen atoms in total. The molecule has 2 aliphatic rings. The summed E-state index contributed by atoms with van der Waals surface area (Å²) < 4.78 is 10.3. The van der Waals surface area contributed by atoms with E-state index in [1.165, 1.54) is 18.4 Å². The minimum atomic E-state index is 0.0232. The number of nitrogens with zero attached hydrogens (tertiary/aromatic N) is 5. The van der Waals surface area contributed by atoms with E-state index in [-0.39, 0.29) is 5.60 Å². The number of piperidine rings is 1. The molecule has 0 saturated carbocycles. The topological polar surface area (TPSA) is 48.1 Å². The molecule has 118 valence electrons. The van der Waals surface area contributed by atoms with Crippen LogP contribution < -0.4 is 0 Å². The maximum Gasteiger partial charge on any atom is 0.0949 e. The van der Waals surface area contributed by atoms with Crippen LogP contribution in [0, 0.1) is 0 Å². The van der Waals surface area contributed by atoms with Crippen molar-refractivity contribution in [1.82, 2.24) is 24.2 Å². The Morgan fingerprint density at radius 2 is 2.41 bits per heavy atom. The highest BCUT2D eigenvalue weighted by atomic mass is 16.5. The third-order valence-corrected chi connectivity index (χ3v) is 4.92. The summed E-state index contributed by atoms with van der Waals surface area (Å²) in [6.45, 7) is 3.94. The molecule has 2 saturated heterocycles. The van der Waals surface area contributed by atoms with E-state index in [4.69, 9.17) is 4.74 Å². The highest BCUT2D eigenvalue weighted by Crippen LogP contribution is 2.39. The monoisotopic (exact) mass is 301 g/mol.